The number of rotatable bonds is 4. The first-order chi connectivity index (χ1) is 9.67. The number of halogens is 1. The average molecular weight is 292 g/mol. The molecule has 1 aromatic heterocycles. The number of alkyl halides is 1. The van der Waals surface area contributed by atoms with Gasteiger partial charge in [0.2, 0.25) is 0 Å². The van der Waals surface area contributed by atoms with Gasteiger partial charge in [-0.3, -0.25) is 0 Å². The summed E-state index contributed by atoms with van der Waals surface area (Å²) >= 11 is 5.95. The highest BCUT2D eigenvalue weighted by atomic mass is 35.5. The van der Waals surface area contributed by atoms with E-state index in [0.717, 1.165) is 30.2 Å². The fourth-order valence-electron chi connectivity index (χ4n) is 3.20. The number of fused-ring (bicyclic) bond motifs is 1. The Morgan fingerprint density at radius 2 is 2.25 bits per heavy atom. The van der Waals surface area contributed by atoms with Crippen LogP contribution in [0.25, 0.3) is 11.0 Å². The van der Waals surface area contributed by atoms with E-state index >= 15 is 0 Å². The molecule has 0 radical (unpaired) electrons. The Morgan fingerprint density at radius 3 is 2.95 bits per heavy atom. The normalized spacial score (nSPS) is 20.1. The maximum atomic E-state index is 5.95. The van der Waals surface area contributed by atoms with Gasteiger partial charge in [0.15, 0.2) is 0 Å². The number of benzene rings is 1. The molecule has 1 atom stereocenters. The first-order valence-corrected chi connectivity index (χ1v) is 7.91. The van der Waals surface area contributed by atoms with Gasteiger partial charge in [0.05, 0.1) is 11.0 Å². The van der Waals surface area contributed by atoms with E-state index in [1.54, 1.807) is 0 Å². The van der Waals surface area contributed by atoms with E-state index in [9.17, 15) is 0 Å². The Hall–Kier alpha value is -1.06. The molecule has 1 fully saturated rings. The second-order valence-electron chi connectivity index (χ2n) is 5.99. The lowest BCUT2D eigenvalue weighted by molar-refractivity contribution is 0.378. The van der Waals surface area contributed by atoms with Crippen molar-refractivity contribution in [1.29, 1.82) is 0 Å². The number of imidazole rings is 1. The minimum Gasteiger partial charge on any atom is -0.328 e. The van der Waals surface area contributed by atoms with Crippen molar-refractivity contribution >= 4 is 22.6 Å². The van der Waals surface area contributed by atoms with Gasteiger partial charge >= 0.3 is 0 Å². The standard InChI is InChI=1S/C16H22ClN3/c1-12-3-4-14-15(9-12)20(16(18-14)5-7-17)11-13-6-8-19(2)10-13/h3-4,9,13H,5-8,10-11H2,1-2H3. The van der Waals surface area contributed by atoms with Gasteiger partial charge in [0.25, 0.3) is 0 Å². The summed E-state index contributed by atoms with van der Waals surface area (Å²) in [4.78, 5) is 7.18. The Balaban J connectivity index is 1.97. The molecule has 1 unspecified atom stereocenters. The van der Waals surface area contributed by atoms with Crippen LogP contribution in [0.2, 0.25) is 0 Å². The molecule has 0 saturated carbocycles. The van der Waals surface area contributed by atoms with Gasteiger partial charge in [-0.05, 0) is 50.6 Å². The second-order valence-corrected chi connectivity index (χ2v) is 6.36. The predicted molar refractivity (Wildman–Crippen MR) is 84.5 cm³/mol. The van der Waals surface area contributed by atoms with E-state index < -0.39 is 0 Å². The second kappa shape index (κ2) is 5.74. The van der Waals surface area contributed by atoms with Gasteiger partial charge in [-0.25, -0.2) is 4.98 Å². The van der Waals surface area contributed by atoms with Crippen LogP contribution >= 0.6 is 11.6 Å². The molecule has 0 spiro atoms. The summed E-state index contributed by atoms with van der Waals surface area (Å²) in [5.41, 5.74) is 3.65. The highest BCUT2D eigenvalue weighted by Gasteiger charge is 2.22. The molecule has 1 saturated heterocycles. The third kappa shape index (κ3) is 2.70. The molecule has 2 heterocycles. The Kier molecular flexibility index (Phi) is 3.99. The van der Waals surface area contributed by atoms with Gasteiger partial charge < -0.3 is 9.47 Å². The molecular weight excluding hydrogens is 270 g/mol. The number of hydrogen-bond acceptors (Lipinski definition) is 2. The largest absolute Gasteiger partial charge is 0.328 e. The van der Waals surface area contributed by atoms with Gasteiger partial charge in [-0.15, -0.1) is 11.6 Å². The van der Waals surface area contributed by atoms with E-state index in [1.807, 2.05) is 0 Å². The number of aryl methyl sites for hydroxylation is 2. The third-order valence-electron chi connectivity index (χ3n) is 4.23. The van der Waals surface area contributed by atoms with Crippen LogP contribution in [0.5, 0.6) is 0 Å². The molecule has 108 valence electrons. The summed E-state index contributed by atoms with van der Waals surface area (Å²) < 4.78 is 2.40. The monoisotopic (exact) mass is 291 g/mol. The summed E-state index contributed by atoms with van der Waals surface area (Å²) in [7, 11) is 2.20. The SMILES string of the molecule is Cc1ccc2nc(CCCl)n(CC3CCN(C)C3)c2c1. The highest BCUT2D eigenvalue weighted by molar-refractivity contribution is 6.17. The lowest BCUT2D eigenvalue weighted by atomic mass is 10.1. The molecule has 3 rings (SSSR count). The molecule has 1 aliphatic heterocycles. The lowest BCUT2D eigenvalue weighted by Crippen LogP contribution is -2.18. The zero-order chi connectivity index (χ0) is 14.1. The van der Waals surface area contributed by atoms with Crippen molar-refractivity contribution in [3.05, 3.63) is 29.6 Å². The number of hydrogen-bond donors (Lipinski definition) is 0. The van der Waals surface area contributed by atoms with E-state index in [4.69, 9.17) is 16.6 Å². The number of nitrogens with zero attached hydrogens (tertiary/aromatic N) is 3. The summed E-state index contributed by atoms with van der Waals surface area (Å²) in [6.07, 6.45) is 2.13. The quantitative estimate of drug-likeness (QED) is 0.807. The number of aromatic nitrogens is 2. The van der Waals surface area contributed by atoms with Crippen LogP contribution in [0.3, 0.4) is 0 Å². The minimum atomic E-state index is 0.632. The summed E-state index contributed by atoms with van der Waals surface area (Å²) in [5.74, 6) is 2.49. The lowest BCUT2D eigenvalue weighted by Gasteiger charge is -2.14. The molecule has 0 N–H and O–H groups in total. The molecule has 2 aromatic rings. The molecule has 1 aliphatic rings. The van der Waals surface area contributed by atoms with Gasteiger partial charge in [-0.1, -0.05) is 6.07 Å². The summed E-state index contributed by atoms with van der Waals surface area (Å²) in [5, 5.41) is 0. The van der Waals surface area contributed by atoms with Crippen molar-refractivity contribution in [2.75, 3.05) is 26.0 Å². The average Bonchev–Trinajstić information content (AvgIpc) is 2.96. The fourth-order valence-corrected chi connectivity index (χ4v) is 3.36. The van der Waals surface area contributed by atoms with Crippen LogP contribution in [0, 0.1) is 12.8 Å². The van der Waals surface area contributed by atoms with Crippen molar-refractivity contribution in [2.24, 2.45) is 5.92 Å². The van der Waals surface area contributed by atoms with Crippen LogP contribution in [0.1, 0.15) is 17.8 Å². The first-order valence-electron chi connectivity index (χ1n) is 7.37. The molecule has 3 nitrogen and oxygen atoms in total. The highest BCUT2D eigenvalue weighted by Crippen LogP contribution is 2.23. The zero-order valence-electron chi connectivity index (χ0n) is 12.3. The zero-order valence-corrected chi connectivity index (χ0v) is 13.0. The maximum Gasteiger partial charge on any atom is 0.111 e. The Bertz CT molecular complexity index is 605. The molecule has 20 heavy (non-hydrogen) atoms. The minimum absolute atomic E-state index is 0.632. The molecule has 1 aromatic carbocycles. The topological polar surface area (TPSA) is 21.1 Å². The van der Waals surface area contributed by atoms with Crippen molar-refractivity contribution in [3.8, 4) is 0 Å². The van der Waals surface area contributed by atoms with Gasteiger partial charge in [0.1, 0.15) is 5.82 Å². The Labute approximate surface area is 125 Å². The van der Waals surface area contributed by atoms with E-state index in [1.165, 1.54) is 30.6 Å². The van der Waals surface area contributed by atoms with Crippen molar-refractivity contribution in [1.82, 2.24) is 14.5 Å². The fraction of sp³-hybridized carbons (Fsp3) is 0.562. The summed E-state index contributed by atoms with van der Waals surface area (Å²) in [6.45, 7) is 5.60. The molecule has 4 heteroatoms. The number of likely N-dealkylation sites (tertiary alicyclic amines) is 1. The van der Waals surface area contributed by atoms with Crippen LogP contribution < -0.4 is 0 Å². The summed E-state index contributed by atoms with van der Waals surface area (Å²) in [6, 6.07) is 6.51. The first kappa shape index (κ1) is 13.9. The molecule has 0 bridgehead atoms. The van der Waals surface area contributed by atoms with Crippen LogP contribution in [-0.4, -0.2) is 40.5 Å². The molecule has 0 aliphatic carbocycles. The van der Waals surface area contributed by atoms with Crippen molar-refractivity contribution < 1.29 is 0 Å². The van der Waals surface area contributed by atoms with E-state index in [0.29, 0.717) is 5.88 Å². The third-order valence-corrected chi connectivity index (χ3v) is 4.42. The predicted octanol–water partition coefficient (Wildman–Crippen LogP) is 3.08. The van der Waals surface area contributed by atoms with Gasteiger partial charge in [-0.2, -0.15) is 0 Å². The van der Waals surface area contributed by atoms with E-state index in [-0.39, 0.29) is 0 Å². The Morgan fingerprint density at radius 1 is 1.40 bits per heavy atom. The van der Waals surface area contributed by atoms with Crippen molar-refractivity contribution in [3.63, 3.8) is 0 Å². The van der Waals surface area contributed by atoms with Gasteiger partial charge in [0, 0.05) is 25.4 Å². The van der Waals surface area contributed by atoms with Crippen molar-refractivity contribution in [2.45, 2.75) is 26.3 Å². The smallest absolute Gasteiger partial charge is 0.111 e. The van der Waals surface area contributed by atoms with Crippen LogP contribution in [0.4, 0.5) is 0 Å². The van der Waals surface area contributed by atoms with Crippen LogP contribution in [0.15, 0.2) is 18.2 Å². The van der Waals surface area contributed by atoms with Crippen LogP contribution in [-0.2, 0) is 13.0 Å². The molecular formula is C16H22ClN3. The van der Waals surface area contributed by atoms with E-state index in [2.05, 4.69) is 41.6 Å². The molecule has 0 amide bonds. The maximum absolute atomic E-state index is 5.95.